The van der Waals surface area contributed by atoms with Crippen molar-refractivity contribution in [3.8, 4) is 0 Å². The number of unbranched alkanes of at least 4 members (excludes halogenated alkanes) is 4. The summed E-state index contributed by atoms with van der Waals surface area (Å²) in [6.45, 7) is 11.1. The Morgan fingerprint density at radius 1 is 1.02 bits per heavy atom. The van der Waals surface area contributed by atoms with E-state index in [0.29, 0.717) is 31.0 Å². The summed E-state index contributed by atoms with van der Waals surface area (Å²) in [6.07, 6.45) is 11.0. The topological polar surface area (TPSA) is 154 Å². The van der Waals surface area contributed by atoms with Gasteiger partial charge in [-0.05, 0) is 67.2 Å². The Balaban J connectivity index is 1.46. The lowest BCUT2D eigenvalue weighted by atomic mass is 9.62. The fraction of sp³-hybridized carbons (Fsp3) is 0.545. The first kappa shape index (κ1) is 34.3. The van der Waals surface area contributed by atoms with Crippen LogP contribution in [0.15, 0.2) is 41.2 Å². The third-order valence-corrected chi connectivity index (χ3v) is 7.64. The van der Waals surface area contributed by atoms with Crippen molar-refractivity contribution in [3.05, 3.63) is 58.0 Å². The summed E-state index contributed by atoms with van der Waals surface area (Å²) < 4.78 is 5.25. The Hall–Kier alpha value is -4.15. The van der Waals surface area contributed by atoms with Gasteiger partial charge in [0.25, 0.3) is 5.56 Å². The van der Waals surface area contributed by atoms with Crippen LogP contribution in [-0.2, 0) is 9.53 Å². The minimum atomic E-state index is -0.460. The number of rotatable bonds is 13. The molecule has 0 bridgehead atoms. The summed E-state index contributed by atoms with van der Waals surface area (Å²) in [4.78, 5) is 55.6. The first-order valence-electron chi connectivity index (χ1n) is 15.5. The highest BCUT2D eigenvalue weighted by molar-refractivity contribution is 5.90. The minimum Gasteiger partial charge on any atom is -0.463 e. The number of esters is 1. The van der Waals surface area contributed by atoms with Gasteiger partial charge in [0.05, 0.1) is 6.61 Å². The summed E-state index contributed by atoms with van der Waals surface area (Å²) in [5.41, 5.74) is 1.29. The monoisotopic (exact) mass is 608 g/mol. The molecule has 0 saturated heterocycles. The van der Waals surface area contributed by atoms with Gasteiger partial charge in [-0.2, -0.15) is 4.98 Å². The summed E-state index contributed by atoms with van der Waals surface area (Å²) in [7, 11) is 0. The van der Waals surface area contributed by atoms with E-state index < -0.39 is 11.6 Å². The zero-order chi connectivity index (χ0) is 32.2. The smallest absolute Gasteiger partial charge is 0.330 e. The van der Waals surface area contributed by atoms with E-state index in [0.717, 1.165) is 37.7 Å². The third-order valence-electron chi connectivity index (χ3n) is 7.64. The molecule has 0 spiro atoms. The predicted octanol–water partition coefficient (Wildman–Crippen LogP) is 6.13. The molecule has 1 fully saturated rings. The third kappa shape index (κ3) is 12.2. The van der Waals surface area contributed by atoms with Crippen LogP contribution in [0.25, 0.3) is 6.08 Å². The molecule has 1 heterocycles. The van der Waals surface area contributed by atoms with Gasteiger partial charge in [-0.1, -0.05) is 65.5 Å². The lowest BCUT2D eigenvalue weighted by molar-refractivity contribution is -0.137. The number of anilines is 2. The lowest BCUT2D eigenvalue weighted by Crippen LogP contribution is -2.51. The van der Waals surface area contributed by atoms with Gasteiger partial charge < -0.3 is 25.7 Å². The fourth-order valence-corrected chi connectivity index (χ4v) is 6.07. The number of nitrogens with zero attached hydrogens (tertiary/aromatic N) is 1. The van der Waals surface area contributed by atoms with E-state index >= 15 is 0 Å². The van der Waals surface area contributed by atoms with E-state index in [9.17, 15) is 19.2 Å². The second kappa shape index (κ2) is 16.1. The van der Waals surface area contributed by atoms with Crippen LogP contribution in [-0.4, -0.2) is 47.2 Å². The van der Waals surface area contributed by atoms with Gasteiger partial charge in [0.15, 0.2) is 0 Å². The SMILES string of the molecule is CCCCCCCOC(=O)/C=C/c1ccc(NC(=O)NC2CC(C)(C)CC(C)(CNC(=O)Nc3nc(=O)cc(C)[nH]3)C2)cc1. The molecule has 0 aliphatic heterocycles. The molecule has 5 N–H and O–H groups in total. The highest BCUT2D eigenvalue weighted by Crippen LogP contribution is 2.45. The molecule has 1 aromatic carbocycles. The average Bonchev–Trinajstić information content (AvgIpc) is 2.92. The van der Waals surface area contributed by atoms with Crippen molar-refractivity contribution in [2.75, 3.05) is 23.8 Å². The Labute approximate surface area is 260 Å². The normalized spacial score (nSPS) is 19.2. The number of carbonyl (C=O) groups excluding carboxylic acids is 3. The van der Waals surface area contributed by atoms with Gasteiger partial charge >= 0.3 is 18.0 Å². The van der Waals surface area contributed by atoms with Crippen molar-refractivity contribution in [3.63, 3.8) is 0 Å². The van der Waals surface area contributed by atoms with Crippen LogP contribution in [0.2, 0.25) is 0 Å². The predicted molar refractivity (Wildman–Crippen MR) is 173 cm³/mol. The van der Waals surface area contributed by atoms with Crippen molar-refractivity contribution >= 4 is 35.7 Å². The van der Waals surface area contributed by atoms with Gasteiger partial charge in [0.2, 0.25) is 5.95 Å². The van der Waals surface area contributed by atoms with Gasteiger partial charge in [-0.15, -0.1) is 0 Å². The molecule has 44 heavy (non-hydrogen) atoms. The quantitative estimate of drug-likeness (QED) is 0.105. The number of carbonyl (C=O) groups is 3. The first-order valence-corrected chi connectivity index (χ1v) is 15.5. The van der Waals surface area contributed by atoms with Crippen LogP contribution in [0.4, 0.5) is 21.2 Å². The van der Waals surface area contributed by atoms with E-state index in [-0.39, 0.29) is 34.8 Å². The number of ether oxygens (including phenoxy) is 1. The number of benzene rings is 1. The van der Waals surface area contributed by atoms with Crippen LogP contribution >= 0.6 is 0 Å². The zero-order valence-corrected chi connectivity index (χ0v) is 26.7. The Morgan fingerprint density at radius 2 is 1.75 bits per heavy atom. The molecule has 1 aliphatic carbocycles. The maximum Gasteiger partial charge on any atom is 0.330 e. The summed E-state index contributed by atoms with van der Waals surface area (Å²) in [6, 6.07) is 7.70. The number of amides is 4. The van der Waals surface area contributed by atoms with Gasteiger partial charge in [0.1, 0.15) is 0 Å². The Kier molecular flexibility index (Phi) is 12.5. The van der Waals surface area contributed by atoms with E-state index in [2.05, 4.69) is 58.9 Å². The molecule has 1 saturated carbocycles. The van der Waals surface area contributed by atoms with E-state index in [4.69, 9.17) is 4.74 Å². The molecule has 0 radical (unpaired) electrons. The molecule has 2 unspecified atom stereocenters. The molecule has 2 aromatic rings. The minimum absolute atomic E-state index is 0.0589. The zero-order valence-electron chi connectivity index (χ0n) is 26.7. The number of aryl methyl sites for hydroxylation is 1. The Morgan fingerprint density at radius 3 is 2.45 bits per heavy atom. The van der Waals surface area contributed by atoms with E-state index in [1.165, 1.54) is 25.0 Å². The molecule has 3 rings (SSSR count). The van der Waals surface area contributed by atoms with Crippen LogP contribution < -0.4 is 26.8 Å². The maximum atomic E-state index is 12.9. The average molecular weight is 609 g/mol. The summed E-state index contributed by atoms with van der Waals surface area (Å²) in [5, 5.41) is 11.5. The number of hydrogen-bond donors (Lipinski definition) is 5. The molecule has 1 aromatic heterocycles. The highest BCUT2D eigenvalue weighted by Gasteiger charge is 2.42. The van der Waals surface area contributed by atoms with Crippen LogP contribution in [0.1, 0.15) is 90.3 Å². The number of hydrogen-bond acceptors (Lipinski definition) is 6. The maximum absolute atomic E-state index is 12.9. The van der Waals surface area contributed by atoms with Crippen molar-refractivity contribution in [1.29, 1.82) is 0 Å². The van der Waals surface area contributed by atoms with Crippen molar-refractivity contribution in [2.45, 2.75) is 92.0 Å². The fourth-order valence-electron chi connectivity index (χ4n) is 6.07. The molecular formula is C33H48N6O5. The van der Waals surface area contributed by atoms with Crippen LogP contribution in [0.3, 0.4) is 0 Å². The van der Waals surface area contributed by atoms with Crippen LogP contribution in [0.5, 0.6) is 0 Å². The van der Waals surface area contributed by atoms with Gasteiger partial charge in [-0.3, -0.25) is 10.1 Å². The molecular weight excluding hydrogens is 560 g/mol. The Bertz CT molecular complexity index is 1350. The van der Waals surface area contributed by atoms with Crippen molar-refractivity contribution in [1.82, 2.24) is 20.6 Å². The molecule has 11 heteroatoms. The molecule has 240 valence electrons. The van der Waals surface area contributed by atoms with Crippen molar-refractivity contribution < 1.29 is 19.1 Å². The molecule has 2 atom stereocenters. The number of aromatic nitrogens is 2. The largest absolute Gasteiger partial charge is 0.463 e. The second-order valence-electron chi connectivity index (χ2n) is 13.0. The van der Waals surface area contributed by atoms with E-state index in [1.807, 2.05) is 12.1 Å². The number of H-pyrrole nitrogens is 1. The van der Waals surface area contributed by atoms with Crippen LogP contribution in [0, 0.1) is 17.8 Å². The van der Waals surface area contributed by atoms with Crippen molar-refractivity contribution in [2.24, 2.45) is 10.8 Å². The molecule has 11 nitrogen and oxygen atoms in total. The second-order valence-corrected chi connectivity index (χ2v) is 13.0. The number of aromatic amines is 1. The van der Waals surface area contributed by atoms with Gasteiger partial charge in [0, 0.05) is 36.1 Å². The number of urea groups is 2. The molecule has 4 amide bonds. The van der Waals surface area contributed by atoms with E-state index in [1.54, 1.807) is 25.1 Å². The van der Waals surface area contributed by atoms with Gasteiger partial charge in [-0.25, -0.2) is 14.4 Å². The highest BCUT2D eigenvalue weighted by atomic mass is 16.5. The number of nitrogens with one attached hydrogen (secondary N) is 5. The summed E-state index contributed by atoms with van der Waals surface area (Å²) >= 11 is 0. The lowest BCUT2D eigenvalue weighted by Gasteiger charge is -2.46. The summed E-state index contributed by atoms with van der Waals surface area (Å²) in [5.74, 6) is -0.271. The first-order chi connectivity index (χ1) is 20.8. The molecule has 1 aliphatic rings. The standard InChI is InChI=1S/C33H48N6O5/c1-6-7-8-9-10-17-44-28(41)16-13-24-11-14-25(15-12-24)36-31(43)37-26-19-32(3,4)21-33(5,20-26)22-34-30(42)39-29-35-23(2)18-27(40)38-29/h11-16,18,26H,6-10,17,19-22H2,1-5H3,(H2,36,37,43)(H3,34,35,38,39,40,42)/b16-13+.